The fourth-order valence-electron chi connectivity index (χ4n) is 4.66. The third kappa shape index (κ3) is 2.87. The first kappa shape index (κ1) is 19.8. The van der Waals surface area contributed by atoms with Gasteiger partial charge in [0.2, 0.25) is 0 Å². The van der Waals surface area contributed by atoms with Crippen LogP contribution in [0.4, 0.5) is 10.1 Å². The molecule has 2 aromatic carbocycles. The van der Waals surface area contributed by atoms with Gasteiger partial charge in [-0.1, -0.05) is 12.1 Å². The number of nitrogens with zero attached hydrogens (tertiary/aromatic N) is 4. The van der Waals surface area contributed by atoms with Crippen molar-refractivity contribution in [1.29, 1.82) is 0 Å². The molecule has 4 aromatic rings. The monoisotopic (exact) mass is 419 g/mol. The number of halogens is 1. The Balaban J connectivity index is 1.76. The molecule has 2 aromatic heterocycles. The summed E-state index contributed by atoms with van der Waals surface area (Å²) >= 11 is 0. The van der Waals surface area contributed by atoms with E-state index in [1.807, 2.05) is 56.7 Å². The Labute approximate surface area is 180 Å². The SMILES string of the molecule is COCCn1ccc2c(-c3c(C)cc4c(c3F)-n3c(C)nnc3C(C)(C)N4)cccc21. The van der Waals surface area contributed by atoms with Gasteiger partial charge in [0.15, 0.2) is 11.6 Å². The van der Waals surface area contributed by atoms with E-state index in [0.717, 1.165) is 34.3 Å². The molecule has 0 atom stereocenters. The number of nitrogens with one attached hydrogen (secondary N) is 1. The molecule has 0 unspecified atom stereocenters. The summed E-state index contributed by atoms with van der Waals surface area (Å²) < 4.78 is 25.5. The van der Waals surface area contributed by atoms with Crippen molar-refractivity contribution < 1.29 is 9.13 Å². The molecule has 5 rings (SSSR count). The first-order valence-electron chi connectivity index (χ1n) is 10.4. The van der Waals surface area contributed by atoms with E-state index in [4.69, 9.17) is 4.74 Å². The molecular weight excluding hydrogens is 393 g/mol. The average Bonchev–Trinajstić information content (AvgIpc) is 3.31. The van der Waals surface area contributed by atoms with Crippen molar-refractivity contribution in [2.24, 2.45) is 0 Å². The third-order valence-electron chi connectivity index (χ3n) is 6.11. The zero-order valence-corrected chi connectivity index (χ0v) is 18.5. The van der Waals surface area contributed by atoms with Crippen LogP contribution >= 0.6 is 0 Å². The van der Waals surface area contributed by atoms with Crippen molar-refractivity contribution in [3.8, 4) is 16.8 Å². The summed E-state index contributed by atoms with van der Waals surface area (Å²) in [6.07, 6.45) is 2.03. The summed E-state index contributed by atoms with van der Waals surface area (Å²) in [5, 5.41) is 13.0. The second-order valence-electron chi connectivity index (χ2n) is 8.68. The molecule has 0 saturated carbocycles. The van der Waals surface area contributed by atoms with E-state index < -0.39 is 5.54 Å². The van der Waals surface area contributed by atoms with Gasteiger partial charge in [0, 0.05) is 36.3 Å². The first-order chi connectivity index (χ1) is 14.8. The lowest BCUT2D eigenvalue weighted by Gasteiger charge is -2.34. The topological polar surface area (TPSA) is 56.9 Å². The van der Waals surface area contributed by atoms with Crippen LogP contribution in [0.5, 0.6) is 0 Å². The van der Waals surface area contributed by atoms with Crippen LogP contribution in [-0.4, -0.2) is 33.0 Å². The fraction of sp³-hybridized carbons (Fsp3) is 0.333. The van der Waals surface area contributed by atoms with Crippen LogP contribution in [0.3, 0.4) is 0 Å². The Morgan fingerprint density at radius 1 is 1.16 bits per heavy atom. The van der Waals surface area contributed by atoms with Gasteiger partial charge in [-0.15, -0.1) is 10.2 Å². The summed E-state index contributed by atoms with van der Waals surface area (Å²) in [6, 6.07) is 10.1. The number of benzene rings is 2. The molecule has 1 aliphatic heterocycles. The Kier molecular flexibility index (Phi) is 4.41. The van der Waals surface area contributed by atoms with Gasteiger partial charge in [-0.25, -0.2) is 4.39 Å². The molecule has 0 fully saturated rings. The predicted molar refractivity (Wildman–Crippen MR) is 120 cm³/mol. The summed E-state index contributed by atoms with van der Waals surface area (Å²) in [5.41, 5.74) is 4.21. The highest BCUT2D eigenvalue weighted by atomic mass is 19.1. The normalized spacial score (nSPS) is 14.4. The van der Waals surface area contributed by atoms with E-state index in [1.165, 1.54) is 0 Å². The number of aromatic nitrogens is 4. The average molecular weight is 420 g/mol. The number of ether oxygens (including phenoxy) is 1. The van der Waals surface area contributed by atoms with E-state index in [2.05, 4.69) is 32.2 Å². The fourth-order valence-corrected chi connectivity index (χ4v) is 4.66. The largest absolute Gasteiger partial charge is 0.383 e. The van der Waals surface area contributed by atoms with Gasteiger partial charge in [0.1, 0.15) is 11.5 Å². The standard InChI is InChI=1S/C24H26FN5O/c1-14-13-18-22(30-15(2)27-28-23(30)24(3,4)26-18)21(25)20(14)17-7-6-8-19-16(17)9-10-29(19)11-12-31-5/h6-10,13,26H,11-12H2,1-5H3. The van der Waals surface area contributed by atoms with E-state index in [0.29, 0.717) is 29.5 Å². The molecule has 0 amide bonds. The molecule has 0 radical (unpaired) electrons. The minimum Gasteiger partial charge on any atom is -0.383 e. The van der Waals surface area contributed by atoms with E-state index in [9.17, 15) is 0 Å². The lowest BCUT2D eigenvalue weighted by molar-refractivity contribution is 0.188. The molecule has 0 spiro atoms. The molecule has 0 aliphatic carbocycles. The first-order valence-corrected chi connectivity index (χ1v) is 10.4. The molecule has 1 N–H and O–H groups in total. The van der Waals surface area contributed by atoms with Gasteiger partial charge in [-0.3, -0.25) is 4.57 Å². The van der Waals surface area contributed by atoms with Crippen LogP contribution in [0, 0.1) is 19.7 Å². The van der Waals surface area contributed by atoms with E-state index in [-0.39, 0.29) is 5.82 Å². The lowest BCUT2D eigenvalue weighted by atomic mass is 9.92. The highest BCUT2D eigenvalue weighted by Crippen LogP contribution is 2.43. The van der Waals surface area contributed by atoms with Gasteiger partial charge < -0.3 is 14.6 Å². The number of aryl methyl sites for hydroxylation is 2. The Hall–Kier alpha value is -3.19. The quantitative estimate of drug-likeness (QED) is 0.508. The summed E-state index contributed by atoms with van der Waals surface area (Å²) in [5.74, 6) is 1.11. The highest BCUT2D eigenvalue weighted by Gasteiger charge is 2.36. The van der Waals surface area contributed by atoms with Gasteiger partial charge in [0.05, 0.1) is 17.8 Å². The van der Waals surface area contributed by atoms with Crippen molar-refractivity contribution >= 4 is 16.6 Å². The van der Waals surface area contributed by atoms with Gasteiger partial charge in [0.25, 0.3) is 0 Å². The van der Waals surface area contributed by atoms with Crippen molar-refractivity contribution in [3.63, 3.8) is 0 Å². The minimum absolute atomic E-state index is 0.265. The maximum atomic E-state index is 16.3. The molecule has 0 bridgehead atoms. The molecule has 7 heteroatoms. The van der Waals surface area contributed by atoms with Gasteiger partial charge in [-0.05, 0) is 57.0 Å². The molecule has 6 nitrogen and oxygen atoms in total. The molecule has 1 aliphatic rings. The number of anilines is 1. The van der Waals surface area contributed by atoms with Crippen LogP contribution in [0.2, 0.25) is 0 Å². The van der Waals surface area contributed by atoms with E-state index >= 15 is 4.39 Å². The maximum absolute atomic E-state index is 16.3. The van der Waals surface area contributed by atoms with Gasteiger partial charge >= 0.3 is 0 Å². The van der Waals surface area contributed by atoms with Crippen molar-refractivity contribution in [3.05, 3.63) is 59.6 Å². The molecule has 3 heterocycles. The zero-order chi connectivity index (χ0) is 21.9. The number of fused-ring (bicyclic) bond motifs is 4. The van der Waals surface area contributed by atoms with Crippen LogP contribution in [0.1, 0.15) is 31.1 Å². The van der Waals surface area contributed by atoms with Crippen LogP contribution in [0.15, 0.2) is 36.5 Å². The van der Waals surface area contributed by atoms with Crippen LogP contribution in [0.25, 0.3) is 27.7 Å². The molecular formula is C24H26FN5O. The predicted octanol–water partition coefficient (Wildman–Crippen LogP) is 4.95. The van der Waals surface area contributed by atoms with Crippen molar-refractivity contribution in [2.45, 2.75) is 39.8 Å². The summed E-state index contributed by atoms with van der Waals surface area (Å²) in [7, 11) is 1.69. The number of hydrogen-bond donors (Lipinski definition) is 1. The van der Waals surface area contributed by atoms with E-state index in [1.54, 1.807) is 7.11 Å². The summed E-state index contributed by atoms with van der Waals surface area (Å²) in [6.45, 7) is 9.25. The number of hydrogen-bond acceptors (Lipinski definition) is 4. The smallest absolute Gasteiger partial charge is 0.162 e. The molecule has 31 heavy (non-hydrogen) atoms. The third-order valence-corrected chi connectivity index (χ3v) is 6.11. The lowest BCUT2D eigenvalue weighted by Crippen LogP contribution is -2.36. The number of methoxy groups -OCH3 is 1. The second-order valence-corrected chi connectivity index (χ2v) is 8.68. The maximum Gasteiger partial charge on any atom is 0.162 e. The molecule has 160 valence electrons. The second kappa shape index (κ2) is 6.92. The Bertz CT molecular complexity index is 1320. The zero-order valence-electron chi connectivity index (χ0n) is 18.5. The van der Waals surface area contributed by atoms with Crippen LogP contribution in [-0.2, 0) is 16.8 Å². The highest BCUT2D eigenvalue weighted by molar-refractivity contribution is 5.97. The Morgan fingerprint density at radius 3 is 2.74 bits per heavy atom. The minimum atomic E-state index is -0.451. The summed E-state index contributed by atoms with van der Waals surface area (Å²) in [4.78, 5) is 0. The Morgan fingerprint density at radius 2 is 1.97 bits per heavy atom. The van der Waals surface area contributed by atoms with Crippen molar-refractivity contribution in [1.82, 2.24) is 19.3 Å². The molecule has 0 saturated heterocycles. The van der Waals surface area contributed by atoms with Crippen LogP contribution < -0.4 is 5.32 Å². The van der Waals surface area contributed by atoms with Gasteiger partial charge in [-0.2, -0.15) is 0 Å². The number of rotatable bonds is 4. The van der Waals surface area contributed by atoms with Crippen molar-refractivity contribution in [2.75, 3.05) is 19.0 Å².